The van der Waals surface area contributed by atoms with Gasteiger partial charge in [-0.15, -0.1) is 0 Å². The maximum atomic E-state index is 12.6. The van der Waals surface area contributed by atoms with Crippen molar-refractivity contribution in [3.8, 4) is 0 Å². The molecule has 0 bridgehead atoms. The Kier molecular flexibility index (Phi) is 42.1. The lowest BCUT2D eigenvalue weighted by Gasteiger charge is -2.19. The number of phosphoric acid groups is 1. The Morgan fingerprint density at radius 2 is 0.948 bits per heavy atom. The summed E-state index contributed by atoms with van der Waals surface area (Å²) in [7, 11) is -4.40. The molecule has 0 aliphatic heterocycles. The van der Waals surface area contributed by atoms with E-state index in [1.165, 1.54) is 89.9 Å². The van der Waals surface area contributed by atoms with Crippen LogP contribution < -0.4 is 5.73 Å². The zero-order valence-corrected chi connectivity index (χ0v) is 37.6. The van der Waals surface area contributed by atoms with Gasteiger partial charge in [0.15, 0.2) is 6.10 Å². The first-order valence-corrected chi connectivity index (χ1v) is 24.4. The van der Waals surface area contributed by atoms with Crippen molar-refractivity contribution in [2.24, 2.45) is 5.73 Å². The molecule has 0 heterocycles. The predicted octanol–water partition coefficient (Wildman–Crippen LogP) is 13.4. The number of allylic oxidation sites excluding steroid dienone is 12. The van der Waals surface area contributed by atoms with Gasteiger partial charge in [0.1, 0.15) is 6.61 Å². The Hall–Kier alpha value is -2.55. The van der Waals surface area contributed by atoms with Gasteiger partial charge < -0.3 is 20.1 Å². The fourth-order valence-electron chi connectivity index (χ4n) is 6.01. The van der Waals surface area contributed by atoms with E-state index in [4.69, 9.17) is 24.3 Å². The van der Waals surface area contributed by atoms with Crippen molar-refractivity contribution >= 4 is 19.8 Å². The Bertz CT molecular complexity index is 1180. The highest BCUT2D eigenvalue weighted by atomic mass is 31.2. The molecule has 0 fully saturated rings. The zero-order valence-electron chi connectivity index (χ0n) is 36.8. The summed E-state index contributed by atoms with van der Waals surface area (Å²) >= 11 is 0. The van der Waals surface area contributed by atoms with Gasteiger partial charge in [0.05, 0.1) is 13.2 Å². The number of carbonyl (C=O) groups is 2. The zero-order chi connectivity index (χ0) is 42.5. The van der Waals surface area contributed by atoms with Crippen LogP contribution in [-0.4, -0.2) is 49.3 Å². The van der Waals surface area contributed by atoms with Gasteiger partial charge in [0.2, 0.25) is 0 Å². The lowest BCUT2D eigenvalue weighted by atomic mass is 10.0. The SMILES string of the molecule is CC/C=C/C/C=C/C/C=C/C/C=C/C/C=C/C/C=C/CCC(=O)OC[C@H](COP(=O)(O)OCCN)OC(=O)CCCCCCCCCCCCCCCCCCCC. The van der Waals surface area contributed by atoms with Gasteiger partial charge in [0, 0.05) is 19.4 Å². The number of ether oxygens (including phenoxy) is 2. The molecule has 334 valence electrons. The van der Waals surface area contributed by atoms with E-state index < -0.39 is 32.5 Å². The third-order valence-electron chi connectivity index (χ3n) is 9.37. The first-order valence-electron chi connectivity index (χ1n) is 22.9. The van der Waals surface area contributed by atoms with E-state index in [1.807, 2.05) is 12.2 Å². The Morgan fingerprint density at radius 1 is 0.534 bits per heavy atom. The van der Waals surface area contributed by atoms with E-state index in [2.05, 4.69) is 74.6 Å². The first kappa shape index (κ1) is 55.5. The second-order valence-electron chi connectivity index (χ2n) is 14.9. The first-order chi connectivity index (χ1) is 28.3. The molecule has 2 atom stereocenters. The molecule has 3 N–H and O–H groups in total. The number of hydrogen-bond acceptors (Lipinski definition) is 8. The summed E-state index contributed by atoms with van der Waals surface area (Å²) < 4.78 is 32.7. The molecule has 0 aromatic rings. The molecule has 0 aromatic carbocycles. The minimum absolute atomic E-state index is 0.0418. The summed E-state index contributed by atoms with van der Waals surface area (Å²) in [6.07, 6.45) is 53.8. The molecule has 0 radical (unpaired) electrons. The maximum Gasteiger partial charge on any atom is 0.472 e. The summed E-state index contributed by atoms with van der Waals surface area (Å²) in [5.74, 6) is -0.926. The normalized spacial score (nSPS) is 13.9. The van der Waals surface area contributed by atoms with Crippen LogP contribution in [0, 0.1) is 0 Å². The molecule has 10 heteroatoms. The number of nitrogens with two attached hydrogens (primary N) is 1. The van der Waals surface area contributed by atoms with Crippen molar-refractivity contribution in [3.63, 3.8) is 0 Å². The second kappa shape index (κ2) is 44.0. The van der Waals surface area contributed by atoms with Gasteiger partial charge in [-0.3, -0.25) is 18.6 Å². The highest BCUT2D eigenvalue weighted by Gasteiger charge is 2.25. The van der Waals surface area contributed by atoms with E-state index >= 15 is 0 Å². The van der Waals surface area contributed by atoms with Crippen LogP contribution in [0.3, 0.4) is 0 Å². The van der Waals surface area contributed by atoms with Crippen LogP contribution in [0.5, 0.6) is 0 Å². The van der Waals surface area contributed by atoms with E-state index in [-0.39, 0.29) is 32.6 Å². The molecule has 1 unspecified atom stereocenters. The summed E-state index contributed by atoms with van der Waals surface area (Å²) in [4.78, 5) is 34.9. The number of hydrogen-bond donors (Lipinski definition) is 2. The molecular weight excluding hydrogens is 750 g/mol. The van der Waals surface area contributed by atoms with Crippen LogP contribution in [0.1, 0.15) is 187 Å². The molecule has 0 saturated heterocycles. The smallest absolute Gasteiger partial charge is 0.462 e. The molecule has 0 amide bonds. The van der Waals surface area contributed by atoms with Crippen molar-refractivity contribution in [1.29, 1.82) is 0 Å². The minimum atomic E-state index is -4.40. The summed E-state index contributed by atoms with van der Waals surface area (Å²) in [6.45, 7) is 3.54. The minimum Gasteiger partial charge on any atom is -0.462 e. The maximum absolute atomic E-state index is 12.6. The summed E-state index contributed by atoms with van der Waals surface area (Å²) in [5, 5.41) is 0. The van der Waals surface area contributed by atoms with Crippen molar-refractivity contribution in [2.75, 3.05) is 26.4 Å². The molecule has 0 aromatic heterocycles. The fourth-order valence-corrected chi connectivity index (χ4v) is 6.78. The highest BCUT2D eigenvalue weighted by molar-refractivity contribution is 7.47. The summed E-state index contributed by atoms with van der Waals surface area (Å²) in [6, 6.07) is 0. The Balaban J connectivity index is 4.23. The monoisotopic (exact) mass is 834 g/mol. The van der Waals surface area contributed by atoms with Gasteiger partial charge in [-0.25, -0.2) is 4.57 Å². The van der Waals surface area contributed by atoms with Crippen LogP contribution in [-0.2, 0) is 32.7 Å². The molecule has 0 saturated carbocycles. The largest absolute Gasteiger partial charge is 0.472 e. The number of esters is 2. The molecular formula is C48H84NO8P. The quantitative estimate of drug-likeness (QED) is 0.0267. The van der Waals surface area contributed by atoms with Crippen LogP contribution in [0.4, 0.5) is 0 Å². The van der Waals surface area contributed by atoms with E-state index in [9.17, 15) is 19.0 Å². The predicted molar refractivity (Wildman–Crippen MR) is 242 cm³/mol. The van der Waals surface area contributed by atoms with E-state index in [0.29, 0.717) is 12.8 Å². The molecule has 9 nitrogen and oxygen atoms in total. The van der Waals surface area contributed by atoms with Gasteiger partial charge in [-0.2, -0.15) is 0 Å². The number of unbranched alkanes of at least 4 members (excludes halogenated alkanes) is 17. The molecule has 0 aliphatic rings. The molecule has 0 rings (SSSR count). The lowest BCUT2D eigenvalue weighted by molar-refractivity contribution is -0.161. The summed E-state index contributed by atoms with van der Waals surface area (Å²) in [5.41, 5.74) is 5.35. The van der Waals surface area contributed by atoms with Crippen LogP contribution in [0.25, 0.3) is 0 Å². The average Bonchev–Trinajstić information content (AvgIpc) is 3.21. The second-order valence-corrected chi connectivity index (χ2v) is 16.3. The fraction of sp³-hybridized carbons (Fsp3) is 0.708. The number of carbonyl (C=O) groups excluding carboxylic acids is 2. The van der Waals surface area contributed by atoms with Gasteiger partial charge in [0.25, 0.3) is 0 Å². The van der Waals surface area contributed by atoms with Crippen LogP contribution in [0.15, 0.2) is 72.9 Å². The molecule has 58 heavy (non-hydrogen) atoms. The van der Waals surface area contributed by atoms with Gasteiger partial charge >= 0.3 is 19.8 Å². The van der Waals surface area contributed by atoms with Crippen molar-refractivity contribution < 1.29 is 37.6 Å². The van der Waals surface area contributed by atoms with Crippen molar-refractivity contribution in [1.82, 2.24) is 0 Å². The Labute approximate surface area is 354 Å². The van der Waals surface area contributed by atoms with Gasteiger partial charge in [-0.05, 0) is 51.4 Å². The average molecular weight is 834 g/mol. The van der Waals surface area contributed by atoms with E-state index in [0.717, 1.165) is 57.8 Å². The Morgan fingerprint density at radius 3 is 1.38 bits per heavy atom. The van der Waals surface area contributed by atoms with Crippen molar-refractivity contribution in [3.05, 3.63) is 72.9 Å². The van der Waals surface area contributed by atoms with Gasteiger partial charge in [-0.1, -0.05) is 196 Å². The van der Waals surface area contributed by atoms with Crippen LogP contribution in [0.2, 0.25) is 0 Å². The van der Waals surface area contributed by atoms with Crippen LogP contribution >= 0.6 is 7.82 Å². The third-order valence-corrected chi connectivity index (χ3v) is 10.4. The van der Waals surface area contributed by atoms with Crippen molar-refractivity contribution in [2.45, 2.75) is 193 Å². The highest BCUT2D eigenvalue weighted by Crippen LogP contribution is 2.43. The molecule has 0 aliphatic carbocycles. The third kappa shape index (κ3) is 43.0. The topological polar surface area (TPSA) is 134 Å². The molecule has 0 spiro atoms. The number of phosphoric ester groups is 1. The number of rotatable bonds is 42. The standard InChI is InChI=1S/C48H84NO8P/c1-3-5-7-9-11-13-15-17-19-21-23-25-26-28-30-32-34-36-38-40-47(50)54-44-46(45-56-58(52,53)55-43-42-49)57-48(51)41-39-37-35-33-31-29-27-24-22-20-18-16-14-12-10-8-6-4-2/h5,7,11,13,17,19,23,25,28,30,34,36,46H,3-4,6,8-10,12,14-16,18,20-22,24,26-27,29,31-33,35,37-45,49H2,1-2H3,(H,52,53)/b7-5+,13-11+,19-17+,25-23+,30-28+,36-34+/t46-/m1/s1. The lowest BCUT2D eigenvalue weighted by Crippen LogP contribution is -2.29. The van der Waals surface area contributed by atoms with E-state index in [1.54, 1.807) is 0 Å².